The van der Waals surface area contributed by atoms with Crippen molar-refractivity contribution >= 4 is 17.8 Å². The minimum absolute atomic E-state index is 0.197. The molecular formula is C11H19N3O4. The Morgan fingerprint density at radius 3 is 2.22 bits per heavy atom. The number of rotatable bonds is 5. The van der Waals surface area contributed by atoms with E-state index >= 15 is 0 Å². The predicted molar refractivity (Wildman–Crippen MR) is 63.7 cm³/mol. The Morgan fingerprint density at radius 1 is 1.11 bits per heavy atom. The van der Waals surface area contributed by atoms with Crippen molar-refractivity contribution in [3.05, 3.63) is 0 Å². The summed E-state index contributed by atoms with van der Waals surface area (Å²) < 4.78 is 0. The summed E-state index contributed by atoms with van der Waals surface area (Å²) in [6, 6.07) is 0. The molecule has 0 heterocycles. The summed E-state index contributed by atoms with van der Waals surface area (Å²) in [7, 11) is 0. The molecule has 1 saturated carbocycles. The van der Waals surface area contributed by atoms with Crippen molar-refractivity contribution in [2.45, 2.75) is 37.6 Å². The van der Waals surface area contributed by atoms with Gasteiger partial charge >= 0.3 is 5.97 Å². The van der Waals surface area contributed by atoms with Gasteiger partial charge in [-0.15, -0.1) is 0 Å². The van der Waals surface area contributed by atoms with Crippen LogP contribution in [0, 0.1) is 0 Å². The van der Waals surface area contributed by atoms with Gasteiger partial charge in [0.2, 0.25) is 11.8 Å². The lowest BCUT2D eigenvalue weighted by Gasteiger charge is -2.33. The molecule has 0 aromatic carbocycles. The van der Waals surface area contributed by atoms with Gasteiger partial charge in [0.15, 0.2) is 0 Å². The van der Waals surface area contributed by atoms with Gasteiger partial charge in [-0.1, -0.05) is 19.3 Å². The van der Waals surface area contributed by atoms with Gasteiger partial charge < -0.3 is 21.5 Å². The molecule has 0 radical (unpaired) electrons. The summed E-state index contributed by atoms with van der Waals surface area (Å²) in [6.07, 6.45) is 3.40. The van der Waals surface area contributed by atoms with Crippen LogP contribution >= 0.6 is 0 Å². The first kappa shape index (κ1) is 14.4. The van der Waals surface area contributed by atoms with Crippen LogP contribution in [0.2, 0.25) is 0 Å². The number of carboxylic acid groups (broad SMARTS) is 1. The topological polar surface area (TPSA) is 122 Å². The Labute approximate surface area is 105 Å². The lowest BCUT2D eigenvalue weighted by Crippen LogP contribution is -2.57. The van der Waals surface area contributed by atoms with E-state index in [-0.39, 0.29) is 13.1 Å². The third kappa shape index (κ3) is 3.69. The first-order chi connectivity index (χ1) is 8.50. The van der Waals surface area contributed by atoms with E-state index in [4.69, 9.17) is 5.73 Å². The molecule has 7 nitrogen and oxygen atoms in total. The molecule has 0 aliphatic heterocycles. The molecule has 7 heteroatoms. The molecule has 0 unspecified atom stereocenters. The van der Waals surface area contributed by atoms with Gasteiger partial charge in [0.1, 0.15) is 5.54 Å². The summed E-state index contributed by atoms with van der Waals surface area (Å²) in [4.78, 5) is 33.8. The van der Waals surface area contributed by atoms with Gasteiger partial charge in [0, 0.05) is 0 Å². The largest absolute Gasteiger partial charge is 0.480 e. The van der Waals surface area contributed by atoms with Crippen LogP contribution in [0.25, 0.3) is 0 Å². The van der Waals surface area contributed by atoms with Crippen LogP contribution in [0.5, 0.6) is 0 Å². The van der Waals surface area contributed by atoms with Crippen molar-refractivity contribution in [2.24, 2.45) is 5.73 Å². The van der Waals surface area contributed by atoms with Crippen LogP contribution in [0.15, 0.2) is 0 Å². The number of nitrogens with one attached hydrogen (secondary N) is 2. The van der Waals surface area contributed by atoms with E-state index in [2.05, 4.69) is 10.6 Å². The van der Waals surface area contributed by atoms with Gasteiger partial charge in [-0.2, -0.15) is 0 Å². The number of carbonyl (C=O) groups is 3. The van der Waals surface area contributed by atoms with Crippen molar-refractivity contribution in [2.75, 3.05) is 13.1 Å². The molecule has 18 heavy (non-hydrogen) atoms. The van der Waals surface area contributed by atoms with Gasteiger partial charge in [0.05, 0.1) is 13.1 Å². The van der Waals surface area contributed by atoms with Crippen molar-refractivity contribution in [1.82, 2.24) is 10.6 Å². The van der Waals surface area contributed by atoms with Crippen molar-refractivity contribution < 1.29 is 19.5 Å². The fraction of sp³-hybridized carbons (Fsp3) is 0.727. The standard InChI is InChI=1S/C11H19N3O4/c12-6-8(15)13-7-9(16)14-11(10(17)18)4-2-1-3-5-11/h1-7,12H2,(H,13,15)(H,14,16)(H,17,18). The molecule has 5 N–H and O–H groups in total. The first-order valence-electron chi connectivity index (χ1n) is 6.01. The molecule has 102 valence electrons. The number of hydrogen-bond donors (Lipinski definition) is 4. The second-order valence-corrected chi connectivity index (χ2v) is 4.48. The normalized spacial score (nSPS) is 17.8. The van der Waals surface area contributed by atoms with E-state index < -0.39 is 23.3 Å². The number of carboxylic acids is 1. The molecule has 0 saturated heterocycles. The van der Waals surface area contributed by atoms with Crippen LogP contribution < -0.4 is 16.4 Å². The van der Waals surface area contributed by atoms with Crippen molar-refractivity contribution in [1.29, 1.82) is 0 Å². The third-order valence-electron chi connectivity index (χ3n) is 3.13. The molecule has 0 bridgehead atoms. The minimum Gasteiger partial charge on any atom is -0.480 e. The first-order valence-corrected chi connectivity index (χ1v) is 6.01. The fourth-order valence-electron chi connectivity index (χ4n) is 2.11. The highest BCUT2D eigenvalue weighted by Gasteiger charge is 2.40. The maximum absolute atomic E-state index is 11.6. The Kier molecular flexibility index (Phi) is 5.08. The zero-order chi connectivity index (χ0) is 13.6. The van der Waals surface area contributed by atoms with E-state index in [9.17, 15) is 19.5 Å². The summed E-state index contributed by atoms with van der Waals surface area (Å²) in [6.45, 7) is -0.442. The van der Waals surface area contributed by atoms with Gasteiger partial charge in [0.25, 0.3) is 0 Å². The van der Waals surface area contributed by atoms with Crippen molar-refractivity contribution in [3.8, 4) is 0 Å². The Hall–Kier alpha value is -1.63. The highest BCUT2D eigenvalue weighted by atomic mass is 16.4. The zero-order valence-electron chi connectivity index (χ0n) is 10.2. The SMILES string of the molecule is NCC(=O)NCC(=O)NC1(C(=O)O)CCCCC1. The smallest absolute Gasteiger partial charge is 0.329 e. The van der Waals surface area contributed by atoms with E-state index in [1.807, 2.05) is 0 Å². The molecular weight excluding hydrogens is 238 g/mol. The van der Waals surface area contributed by atoms with Crippen LogP contribution in [0.1, 0.15) is 32.1 Å². The zero-order valence-corrected chi connectivity index (χ0v) is 10.2. The highest BCUT2D eigenvalue weighted by molar-refractivity contribution is 5.90. The summed E-state index contributed by atoms with van der Waals surface area (Å²) in [5, 5.41) is 14.1. The molecule has 0 aromatic rings. The van der Waals surface area contributed by atoms with Crippen LogP contribution in [-0.4, -0.2) is 41.5 Å². The van der Waals surface area contributed by atoms with Crippen LogP contribution in [0.3, 0.4) is 0 Å². The van der Waals surface area contributed by atoms with Crippen molar-refractivity contribution in [3.63, 3.8) is 0 Å². The highest BCUT2D eigenvalue weighted by Crippen LogP contribution is 2.28. The van der Waals surface area contributed by atoms with Crippen LogP contribution in [-0.2, 0) is 14.4 Å². The van der Waals surface area contributed by atoms with E-state index in [1.165, 1.54) is 0 Å². The lowest BCUT2D eigenvalue weighted by atomic mass is 9.81. The van der Waals surface area contributed by atoms with E-state index in [0.29, 0.717) is 12.8 Å². The van der Waals surface area contributed by atoms with Gasteiger partial charge in [-0.05, 0) is 12.8 Å². The quantitative estimate of drug-likeness (QED) is 0.501. The van der Waals surface area contributed by atoms with E-state index in [1.54, 1.807) is 0 Å². The Morgan fingerprint density at radius 2 is 1.72 bits per heavy atom. The predicted octanol–water partition coefficient (Wildman–Crippen LogP) is -1.03. The molecule has 0 spiro atoms. The average molecular weight is 257 g/mol. The number of amides is 2. The number of nitrogens with two attached hydrogens (primary N) is 1. The second-order valence-electron chi connectivity index (χ2n) is 4.48. The average Bonchev–Trinajstić information content (AvgIpc) is 2.36. The number of carbonyl (C=O) groups excluding carboxylic acids is 2. The Bertz CT molecular complexity index is 337. The second kappa shape index (κ2) is 6.34. The Balaban J connectivity index is 2.53. The maximum atomic E-state index is 11.6. The molecule has 1 rings (SSSR count). The molecule has 2 amide bonds. The lowest BCUT2D eigenvalue weighted by molar-refractivity contribution is -0.149. The van der Waals surface area contributed by atoms with Crippen LogP contribution in [0.4, 0.5) is 0 Å². The minimum atomic E-state index is -1.18. The monoisotopic (exact) mass is 257 g/mol. The molecule has 1 aliphatic carbocycles. The summed E-state index contributed by atoms with van der Waals surface area (Å²) in [5.41, 5.74) is 3.90. The van der Waals surface area contributed by atoms with Gasteiger partial charge in [-0.3, -0.25) is 9.59 Å². The summed E-state index contributed by atoms with van der Waals surface area (Å²) >= 11 is 0. The maximum Gasteiger partial charge on any atom is 0.329 e. The number of hydrogen-bond acceptors (Lipinski definition) is 4. The van der Waals surface area contributed by atoms with E-state index in [0.717, 1.165) is 19.3 Å². The third-order valence-corrected chi connectivity index (χ3v) is 3.13. The molecule has 1 fully saturated rings. The fourth-order valence-corrected chi connectivity index (χ4v) is 2.11. The molecule has 0 atom stereocenters. The number of aliphatic carboxylic acids is 1. The van der Waals surface area contributed by atoms with Gasteiger partial charge in [-0.25, -0.2) is 4.79 Å². The summed E-state index contributed by atoms with van der Waals surface area (Å²) in [5.74, 6) is -1.96. The molecule has 1 aliphatic rings. The molecule has 0 aromatic heterocycles.